The lowest BCUT2D eigenvalue weighted by molar-refractivity contribution is 0.591. The van der Waals surface area contributed by atoms with Gasteiger partial charge in [0.2, 0.25) is 0 Å². The van der Waals surface area contributed by atoms with Crippen LogP contribution in [0.15, 0.2) is 231 Å². The SMILES string of the molecule is CC(C)(C)c1ccc2c(c1)c1c(N(c3ccccc3)c3c(-c4ccccc4)cccc3C(C)(C)C)ccc3c4cc5c(cc4n2c31)c1ccc(N(c2ccccc2)c2c(-c3ccccc3)cccc2C(C)(C)C)c2c3cc(C(C)(C)C)ccc3n5c12. The van der Waals surface area contributed by atoms with E-state index in [0.717, 1.165) is 22.7 Å². The highest BCUT2D eigenvalue weighted by Gasteiger charge is 2.34. The standard InChI is InChI=1S/C82H74N4/c1-79(2,3)53-39-43-67-63(47-53)73-69(83(55-31-21-15-22-32-55)75-57(51-27-17-13-18-28-51)35-25-37-65(75)81(7,8)9)45-41-59-61-50-72-62(49-71(61)85(67)77(59)73)60-42-46-70(74-64-48-54(80(4,5)6)40-44-68(64)86(72)78(60)74)84(56-33-23-16-24-34-56)76-58(52-29-19-14-20-30-52)36-26-38-66(76)82(10,11)12/h13-50H,1-12H3. The van der Waals surface area contributed by atoms with E-state index < -0.39 is 0 Å². The summed E-state index contributed by atoms with van der Waals surface area (Å²) in [6.45, 7) is 28.1. The van der Waals surface area contributed by atoms with Crippen molar-refractivity contribution in [2.24, 2.45) is 0 Å². The molecule has 0 fully saturated rings. The molecule has 422 valence electrons. The first-order chi connectivity index (χ1) is 41.3. The molecule has 0 radical (unpaired) electrons. The molecule has 15 aromatic rings. The van der Waals surface area contributed by atoms with Gasteiger partial charge in [-0.15, -0.1) is 0 Å². The molecule has 0 N–H and O–H groups in total. The fourth-order valence-corrected chi connectivity index (χ4v) is 14.3. The van der Waals surface area contributed by atoms with Gasteiger partial charge in [0.15, 0.2) is 0 Å². The highest BCUT2D eigenvalue weighted by Crippen LogP contribution is 2.55. The van der Waals surface area contributed by atoms with Crippen LogP contribution < -0.4 is 9.80 Å². The molecule has 0 spiro atoms. The molecule has 0 saturated carbocycles. The fraction of sp³-hybridized carbons (Fsp3) is 0.195. The Kier molecular flexibility index (Phi) is 11.8. The highest BCUT2D eigenvalue weighted by molar-refractivity contribution is 6.32. The normalized spacial score (nSPS) is 12.9. The molecule has 4 heteroatoms. The molecular formula is C82H74N4. The summed E-state index contributed by atoms with van der Waals surface area (Å²) < 4.78 is 5.22. The number of hydrogen-bond acceptors (Lipinski definition) is 2. The summed E-state index contributed by atoms with van der Waals surface area (Å²) in [6.07, 6.45) is 0. The minimum atomic E-state index is -0.175. The molecule has 11 aromatic carbocycles. The van der Waals surface area contributed by atoms with E-state index >= 15 is 0 Å². The summed E-state index contributed by atoms with van der Waals surface area (Å²) in [7, 11) is 0. The zero-order valence-electron chi connectivity index (χ0n) is 51.7. The topological polar surface area (TPSA) is 15.3 Å². The Morgan fingerprint density at radius 3 is 0.988 bits per heavy atom. The Morgan fingerprint density at radius 2 is 0.640 bits per heavy atom. The highest BCUT2D eigenvalue weighted by atomic mass is 15.2. The van der Waals surface area contributed by atoms with Crippen LogP contribution >= 0.6 is 0 Å². The Hall–Kier alpha value is -9.38. The van der Waals surface area contributed by atoms with Gasteiger partial charge in [0, 0.05) is 65.6 Å². The van der Waals surface area contributed by atoms with Crippen molar-refractivity contribution in [3.8, 4) is 22.3 Å². The summed E-state index contributed by atoms with van der Waals surface area (Å²) in [5.41, 5.74) is 23.8. The maximum atomic E-state index is 2.61. The van der Waals surface area contributed by atoms with E-state index in [0.29, 0.717) is 0 Å². The van der Waals surface area contributed by atoms with Crippen molar-refractivity contribution >= 4 is 110 Å². The molecular weight excluding hydrogens is 1040 g/mol. The maximum absolute atomic E-state index is 2.61. The van der Waals surface area contributed by atoms with E-state index in [9.17, 15) is 0 Å². The van der Waals surface area contributed by atoms with Crippen LogP contribution in [-0.2, 0) is 21.7 Å². The van der Waals surface area contributed by atoms with E-state index in [-0.39, 0.29) is 21.7 Å². The van der Waals surface area contributed by atoms with Crippen LogP contribution in [0.2, 0.25) is 0 Å². The molecule has 0 atom stereocenters. The van der Waals surface area contributed by atoms with Gasteiger partial charge in [0.05, 0.1) is 55.8 Å². The average molecular weight is 1120 g/mol. The number of fused-ring (bicyclic) bond motifs is 12. The first kappa shape index (κ1) is 53.4. The molecule has 0 amide bonds. The first-order valence-electron chi connectivity index (χ1n) is 30.8. The molecule has 4 heterocycles. The van der Waals surface area contributed by atoms with Crippen LogP contribution in [0.1, 0.15) is 105 Å². The molecule has 0 unspecified atom stereocenters. The van der Waals surface area contributed by atoms with Crippen molar-refractivity contribution in [3.05, 3.63) is 253 Å². The Labute approximate surface area is 505 Å². The number of nitrogens with zero attached hydrogens (tertiary/aromatic N) is 4. The monoisotopic (exact) mass is 1110 g/mol. The van der Waals surface area contributed by atoms with E-state index in [4.69, 9.17) is 0 Å². The van der Waals surface area contributed by atoms with Crippen LogP contribution in [0.3, 0.4) is 0 Å². The predicted octanol–water partition coefficient (Wildman–Crippen LogP) is 23.5. The average Bonchev–Trinajstić information content (AvgIpc) is 1.52. The number of rotatable bonds is 8. The van der Waals surface area contributed by atoms with Crippen LogP contribution in [-0.4, -0.2) is 8.80 Å². The first-order valence-corrected chi connectivity index (χ1v) is 30.8. The smallest absolute Gasteiger partial charge is 0.0641 e. The second-order valence-electron chi connectivity index (χ2n) is 28.2. The van der Waals surface area contributed by atoms with E-state index in [1.165, 1.54) is 132 Å². The van der Waals surface area contributed by atoms with E-state index in [1.54, 1.807) is 0 Å². The van der Waals surface area contributed by atoms with Crippen LogP contribution in [0.25, 0.3) is 98.4 Å². The summed E-state index contributed by atoms with van der Waals surface area (Å²) in [5.74, 6) is 0. The third-order valence-electron chi connectivity index (χ3n) is 18.5. The maximum Gasteiger partial charge on any atom is 0.0641 e. The third kappa shape index (κ3) is 8.16. The zero-order valence-corrected chi connectivity index (χ0v) is 51.7. The molecule has 0 saturated heterocycles. The van der Waals surface area contributed by atoms with Crippen molar-refractivity contribution in [2.45, 2.75) is 105 Å². The second-order valence-corrected chi connectivity index (χ2v) is 28.2. The molecule has 86 heavy (non-hydrogen) atoms. The third-order valence-corrected chi connectivity index (χ3v) is 18.5. The summed E-state index contributed by atoms with van der Waals surface area (Å²) in [6, 6.07) is 87.3. The Bertz CT molecular complexity index is 4790. The molecule has 15 rings (SSSR count). The van der Waals surface area contributed by atoms with Gasteiger partial charge in [-0.2, -0.15) is 0 Å². The minimum Gasteiger partial charge on any atom is -0.309 e. The Balaban J connectivity index is 1.07. The lowest BCUT2D eigenvalue weighted by atomic mass is 9.82. The number of benzene rings is 11. The van der Waals surface area contributed by atoms with Crippen molar-refractivity contribution in [2.75, 3.05) is 9.80 Å². The fourth-order valence-electron chi connectivity index (χ4n) is 14.3. The van der Waals surface area contributed by atoms with Gasteiger partial charge >= 0.3 is 0 Å². The molecule has 0 aliphatic carbocycles. The van der Waals surface area contributed by atoms with Gasteiger partial charge in [-0.1, -0.05) is 241 Å². The van der Waals surface area contributed by atoms with Crippen LogP contribution in [0, 0.1) is 0 Å². The second kappa shape index (κ2) is 19.1. The van der Waals surface area contributed by atoms with Gasteiger partial charge in [0.1, 0.15) is 0 Å². The molecule has 0 aliphatic heterocycles. The van der Waals surface area contributed by atoms with Crippen LogP contribution in [0.4, 0.5) is 34.1 Å². The molecule has 4 aromatic heterocycles. The number of para-hydroxylation sites is 4. The van der Waals surface area contributed by atoms with Crippen molar-refractivity contribution in [1.82, 2.24) is 8.80 Å². The predicted molar refractivity (Wildman–Crippen MR) is 371 cm³/mol. The van der Waals surface area contributed by atoms with Crippen LogP contribution in [0.5, 0.6) is 0 Å². The van der Waals surface area contributed by atoms with Gasteiger partial charge in [-0.25, -0.2) is 0 Å². The summed E-state index contributed by atoms with van der Waals surface area (Å²) in [4.78, 5) is 5.17. The van der Waals surface area contributed by atoms with Crippen molar-refractivity contribution in [1.29, 1.82) is 0 Å². The summed E-state index contributed by atoms with van der Waals surface area (Å²) in [5, 5.41) is 10.0. The lowest BCUT2D eigenvalue weighted by Crippen LogP contribution is -2.20. The number of anilines is 6. The van der Waals surface area contributed by atoms with Gasteiger partial charge in [-0.3, -0.25) is 0 Å². The molecule has 0 aliphatic rings. The minimum absolute atomic E-state index is 0.0723. The summed E-state index contributed by atoms with van der Waals surface area (Å²) >= 11 is 0. The Morgan fingerprint density at radius 1 is 0.279 bits per heavy atom. The number of hydrogen-bond donors (Lipinski definition) is 0. The van der Waals surface area contributed by atoms with Gasteiger partial charge in [-0.05, 0) is 128 Å². The van der Waals surface area contributed by atoms with Gasteiger partial charge in [0.25, 0.3) is 0 Å². The number of aromatic nitrogens is 2. The lowest BCUT2D eigenvalue weighted by Gasteiger charge is -2.34. The molecule has 0 bridgehead atoms. The van der Waals surface area contributed by atoms with Crippen molar-refractivity contribution < 1.29 is 0 Å². The quantitative estimate of drug-likeness (QED) is 0.151. The zero-order chi connectivity index (χ0) is 59.3. The van der Waals surface area contributed by atoms with E-state index in [1.807, 2.05) is 0 Å². The molecule has 4 nitrogen and oxygen atoms in total. The largest absolute Gasteiger partial charge is 0.309 e. The van der Waals surface area contributed by atoms with Gasteiger partial charge < -0.3 is 18.6 Å². The van der Waals surface area contributed by atoms with Crippen molar-refractivity contribution in [3.63, 3.8) is 0 Å². The van der Waals surface area contributed by atoms with E-state index in [2.05, 4.69) is 332 Å².